The van der Waals surface area contributed by atoms with Crippen LogP contribution in [0.4, 0.5) is 4.39 Å². The number of benzene rings is 2. The van der Waals surface area contributed by atoms with Crippen molar-refractivity contribution in [1.82, 2.24) is 9.88 Å². The first-order valence-corrected chi connectivity index (χ1v) is 10.7. The summed E-state index contributed by atoms with van der Waals surface area (Å²) >= 11 is 0. The number of carbonyl (C=O) groups excluding carboxylic acids is 2. The molecule has 0 aliphatic carbocycles. The van der Waals surface area contributed by atoms with Gasteiger partial charge in [-0.15, -0.1) is 0 Å². The van der Waals surface area contributed by atoms with E-state index in [0.29, 0.717) is 23.5 Å². The molecule has 1 amide bonds. The SMILES string of the molecule is CCCOc1ccc(C(O)=C2C(=O)C(=O)N(Cc3cccnc3)C2c2ccc(F)cc2)cc1. The van der Waals surface area contributed by atoms with Gasteiger partial charge in [-0.05, 0) is 60.0 Å². The predicted molar refractivity (Wildman–Crippen MR) is 121 cm³/mol. The van der Waals surface area contributed by atoms with Crippen LogP contribution in [0, 0.1) is 5.82 Å². The minimum atomic E-state index is -0.873. The van der Waals surface area contributed by atoms with Crippen LogP contribution in [-0.4, -0.2) is 33.3 Å². The summed E-state index contributed by atoms with van der Waals surface area (Å²) in [5, 5.41) is 11.1. The van der Waals surface area contributed by atoms with E-state index in [1.54, 1.807) is 48.8 Å². The third-order valence-corrected chi connectivity index (χ3v) is 5.40. The standard InChI is InChI=1S/C26H23FN2O4/c1-2-14-33-21-11-7-19(8-12-21)24(30)22-23(18-5-9-20(27)10-6-18)29(26(32)25(22)31)16-17-4-3-13-28-15-17/h3-13,15,23,30H,2,14,16H2,1H3. The highest BCUT2D eigenvalue weighted by atomic mass is 19.1. The first kappa shape index (κ1) is 22.2. The van der Waals surface area contributed by atoms with Crippen molar-refractivity contribution in [2.24, 2.45) is 0 Å². The molecule has 1 saturated heterocycles. The number of nitrogens with zero attached hydrogens (tertiary/aromatic N) is 2. The second-order valence-corrected chi connectivity index (χ2v) is 7.71. The maximum atomic E-state index is 13.6. The van der Waals surface area contributed by atoms with Gasteiger partial charge in [-0.1, -0.05) is 25.1 Å². The van der Waals surface area contributed by atoms with Crippen LogP contribution in [0.25, 0.3) is 5.76 Å². The Morgan fingerprint density at radius 2 is 1.82 bits per heavy atom. The van der Waals surface area contributed by atoms with Gasteiger partial charge in [0.2, 0.25) is 0 Å². The monoisotopic (exact) mass is 446 g/mol. The molecule has 1 aliphatic rings. The van der Waals surface area contributed by atoms with E-state index in [1.807, 2.05) is 6.92 Å². The summed E-state index contributed by atoms with van der Waals surface area (Å²) in [4.78, 5) is 31.5. The second kappa shape index (κ2) is 9.65. The summed E-state index contributed by atoms with van der Waals surface area (Å²) in [7, 11) is 0. The molecule has 0 bridgehead atoms. The van der Waals surface area contributed by atoms with Gasteiger partial charge < -0.3 is 14.7 Å². The van der Waals surface area contributed by atoms with E-state index in [9.17, 15) is 19.1 Å². The molecule has 3 aromatic rings. The molecule has 0 spiro atoms. The molecular formula is C26H23FN2O4. The van der Waals surface area contributed by atoms with Crippen molar-refractivity contribution in [1.29, 1.82) is 0 Å². The molecule has 1 fully saturated rings. The minimum absolute atomic E-state index is 0.0438. The molecule has 0 saturated carbocycles. The maximum absolute atomic E-state index is 13.6. The van der Waals surface area contributed by atoms with E-state index in [0.717, 1.165) is 12.0 Å². The number of carbonyl (C=O) groups is 2. The molecule has 2 aromatic carbocycles. The van der Waals surface area contributed by atoms with Crippen molar-refractivity contribution in [3.8, 4) is 5.75 Å². The molecule has 4 rings (SSSR count). The zero-order valence-corrected chi connectivity index (χ0v) is 18.1. The summed E-state index contributed by atoms with van der Waals surface area (Å²) in [6, 6.07) is 14.9. The summed E-state index contributed by atoms with van der Waals surface area (Å²) < 4.78 is 19.2. The molecule has 2 heterocycles. The summed E-state index contributed by atoms with van der Waals surface area (Å²) in [5.74, 6) is -1.63. The van der Waals surface area contributed by atoms with E-state index < -0.39 is 23.5 Å². The zero-order chi connectivity index (χ0) is 23.4. The average molecular weight is 446 g/mol. The van der Waals surface area contributed by atoms with E-state index in [-0.39, 0.29) is 17.9 Å². The number of ether oxygens (including phenoxy) is 1. The van der Waals surface area contributed by atoms with E-state index in [2.05, 4.69) is 4.98 Å². The molecule has 1 aliphatic heterocycles. The number of hydrogen-bond acceptors (Lipinski definition) is 5. The van der Waals surface area contributed by atoms with E-state index in [1.165, 1.54) is 29.2 Å². The highest BCUT2D eigenvalue weighted by molar-refractivity contribution is 6.46. The van der Waals surface area contributed by atoms with Crippen LogP contribution in [0.3, 0.4) is 0 Å². The van der Waals surface area contributed by atoms with Crippen molar-refractivity contribution in [3.63, 3.8) is 0 Å². The van der Waals surface area contributed by atoms with Gasteiger partial charge in [0.25, 0.3) is 11.7 Å². The fraction of sp³-hybridized carbons (Fsp3) is 0.192. The first-order valence-electron chi connectivity index (χ1n) is 10.7. The summed E-state index contributed by atoms with van der Waals surface area (Å²) in [6.07, 6.45) is 4.08. The number of aromatic nitrogens is 1. The number of likely N-dealkylation sites (tertiary alicyclic amines) is 1. The lowest BCUT2D eigenvalue weighted by atomic mass is 9.95. The first-order chi connectivity index (χ1) is 16.0. The number of rotatable bonds is 7. The van der Waals surface area contributed by atoms with Crippen LogP contribution < -0.4 is 4.74 Å². The van der Waals surface area contributed by atoms with Crippen LogP contribution >= 0.6 is 0 Å². The fourth-order valence-electron chi connectivity index (χ4n) is 3.81. The number of hydrogen-bond donors (Lipinski definition) is 1. The molecule has 1 unspecified atom stereocenters. The normalized spacial score (nSPS) is 17.4. The van der Waals surface area contributed by atoms with Gasteiger partial charge in [0, 0.05) is 24.5 Å². The molecular weight excluding hydrogens is 423 g/mol. The van der Waals surface area contributed by atoms with Crippen LogP contribution in [0.5, 0.6) is 5.75 Å². The minimum Gasteiger partial charge on any atom is -0.507 e. The zero-order valence-electron chi connectivity index (χ0n) is 18.1. The van der Waals surface area contributed by atoms with Gasteiger partial charge in [-0.3, -0.25) is 14.6 Å². The Morgan fingerprint density at radius 1 is 1.09 bits per heavy atom. The lowest BCUT2D eigenvalue weighted by molar-refractivity contribution is -0.140. The van der Waals surface area contributed by atoms with Gasteiger partial charge in [0.05, 0.1) is 18.2 Å². The maximum Gasteiger partial charge on any atom is 0.295 e. The quantitative estimate of drug-likeness (QED) is 0.325. The highest BCUT2D eigenvalue weighted by Crippen LogP contribution is 2.40. The van der Waals surface area contributed by atoms with E-state index >= 15 is 0 Å². The van der Waals surface area contributed by atoms with Gasteiger partial charge in [0.15, 0.2) is 0 Å². The number of pyridine rings is 1. The number of aliphatic hydroxyl groups excluding tert-OH is 1. The van der Waals surface area contributed by atoms with Crippen LogP contribution in [0.2, 0.25) is 0 Å². The van der Waals surface area contributed by atoms with Crippen molar-refractivity contribution in [2.75, 3.05) is 6.61 Å². The van der Waals surface area contributed by atoms with Crippen molar-refractivity contribution >= 4 is 17.4 Å². The van der Waals surface area contributed by atoms with Crippen LogP contribution in [0.1, 0.15) is 36.1 Å². The largest absolute Gasteiger partial charge is 0.507 e. The second-order valence-electron chi connectivity index (χ2n) is 7.71. The average Bonchev–Trinajstić information content (AvgIpc) is 3.08. The Morgan fingerprint density at radius 3 is 2.45 bits per heavy atom. The highest BCUT2D eigenvalue weighted by Gasteiger charge is 2.46. The van der Waals surface area contributed by atoms with Gasteiger partial charge in [-0.25, -0.2) is 4.39 Å². The number of aliphatic hydroxyl groups is 1. The molecule has 33 heavy (non-hydrogen) atoms. The Bertz CT molecular complexity index is 1180. The predicted octanol–water partition coefficient (Wildman–Crippen LogP) is 4.63. The lowest BCUT2D eigenvalue weighted by Gasteiger charge is -2.25. The molecule has 1 aromatic heterocycles. The Kier molecular flexibility index (Phi) is 6.49. The molecule has 1 atom stereocenters. The number of halogens is 1. The summed E-state index contributed by atoms with van der Waals surface area (Å²) in [6.45, 7) is 2.68. The lowest BCUT2D eigenvalue weighted by Crippen LogP contribution is -2.29. The van der Waals surface area contributed by atoms with Gasteiger partial charge in [0.1, 0.15) is 17.3 Å². The summed E-state index contributed by atoms with van der Waals surface area (Å²) in [5.41, 5.74) is 1.58. The van der Waals surface area contributed by atoms with Crippen molar-refractivity contribution in [2.45, 2.75) is 25.9 Å². The smallest absolute Gasteiger partial charge is 0.295 e. The van der Waals surface area contributed by atoms with E-state index in [4.69, 9.17) is 4.74 Å². The Hall–Kier alpha value is -4.00. The molecule has 0 radical (unpaired) electrons. The van der Waals surface area contributed by atoms with Crippen molar-refractivity contribution < 1.29 is 23.8 Å². The van der Waals surface area contributed by atoms with Gasteiger partial charge >= 0.3 is 0 Å². The molecule has 1 N–H and O–H groups in total. The Balaban J connectivity index is 1.78. The third kappa shape index (κ3) is 4.62. The fourth-order valence-corrected chi connectivity index (χ4v) is 3.81. The number of amides is 1. The number of ketones is 1. The topological polar surface area (TPSA) is 79.7 Å². The van der Waals surface area contributed by atoms with Crippen molar-refractivity contribution in [3.05, 3.63) is 101 Å². The van der Waals surface area contributed by atoms with Crippen LogP contribution in [0.15, 0.2) is 78.6 Å². The molecule has 7 heteroatoms. The number of Topliss-reactive ketones (excluding diaryl/α,β-unsaturated/α-hetero) is 1. The third-order valence-electron chi connectivity index (χ3n) is 5.40. The molecule has 168 valence electrons. The van der Waals surface area contributed by atoms with Gasteiger partial charge in [-0.2, -0.15) is 0 Å². The van der Waals surface area contributed by atoms with Crippen LogP contribution in [-0.2, 0) is 16.1 Å². The Labute approximate surface area is 191 Å². The molecule has 6 nitrogen and oxygen atoms in total.